The summed E-state index contributed by atoms with van der Waals surface area (Å²) < 4.78 is 11.8. The van der Waals surface area contributed by atoms with E-state index in [0.29, 0.717) is 0 Å². The number of fused-ring (bicyclic) bond motifs is 6. The smallest absolute Gasteiger partial charge is 0.129 e. The van der Waals surface area contributed by atoms with Gasteiger partial charge in [-0.3, -0.25) is 0 Å². The molecule has 0 unspecified atom stereocenters. The molecule has 6 aromatic rings. The molecule has 0 saturated heterocycles. The van der Waals surface area contributed by atoms with Gasteiger partial charge in [-0.1, -0.05) is 121 Å². The third-order valence-corrected chi connectivity index (χ3v) is 9.51. The Hall–Kier alpha value is -6.80. The van der Waals surface area contributed by atoms with Crippen LogP contribution in [0, 0.1) is 0 Å². The summed E-state index contributed by atoms with van der Waals surface area (Å²) in [5.74, 6) is 1.49. The average molecular weight is 695 g/mol. The summed E-state index contributed by atoms with van der Waals surface area (Å²) in [4.78, 5) is 4.75. The van der Waals surface area contributed by atoms with Crippen LogP contribution >= 0.6 is 0 Å². The highest BCUT2D eigenvalue weighted by atomic mass is 16.5. The number of hydrogen-bond acceptors (Lipinski definition) is 8. The van der Waals surface area contributed by atoms with Crippen molar-refractivity contribution in [2.75, 3.05) is 30.7 Å². The molecule has 0 aliphatic carbocycles. The van der Waals surface area contributed by atoms with E-state index in [1.165, 1.54) is 11.1 Å². The summed E-state index contributed by atoms with van der Waals surface area (Å²) in [5.41, 5.74) is 12.0. The number of benzene rings is 6. The van der Waals surface area contributed by atoms with Crippen molar-refractivity contribution in [3.05, 3.63) is 190 Å². The number of hydrogen-bond donors (Lipinski definition) is 0. The van der Waals surface area contributed by atoms with Crippen LogP contribution in [0.5, 0.6) is 11.5 Å². The van der Waals surface area contributed by atoms with Crippen LogP contribution in [0.1, 0.15) is 44.5 Å². The third kappa shape index (κ3) is 7.07. The van der Waals surface area contributed by atoms with Crippen molar-refractivity contribution in [3.8, 4) is 11.5 Å². The molecule has 0 amide bonds. The molecule has 53 heavy (non-hydrogen) atoms. The van der Waals surface area contributed by atoms with Crippen molar-refractivity contribution < 1.29 is 9.47 Å². The van der Waals surface area contributed by atoms with Crippen LogP contribution in [0.3, 0.4) is 0 Å². The van der Waals surface area contributed by atoms with Crippen molar-refractivity contribution in [1.29, 1.82) is 0 Å². The minimum atomic E-state index is 0.727. The molecule has 2 bridgehead atoms. The molecule has 6 aromatic carbocycles. The number of rotatable bonds is 10. The molecule has 8 nitrogen and oxygen atoms in total. The Kier molecular flexibility index (Phi) is 9.57. The van der Waals surface area contributed by atoms with Gasteiger partial charge in [0.05, 0.1) is 33.3 Å². The van der Waals surface area contributed by atoms with Crippen molar-refractivity contribution in [2.45, 2.75) is 13.1 Å². The summed E-state index contributed by atoms with van der Waals surface area (Å²) in [6.45, 7) is 2.21. The first-order valence-corrected chi connectivity index (χ1v) is 17.5. The predicted octanol–water partition coefficient (Wildman–Crippen LogP) is 8.74. The molecule has 8 heteroatoms. The topological polar surface area (TPSA) is 74.4 Å². The first kappa shape index (κ1) is 33.3. The van der Waals surface area contributed by atoms with Gasteiger partial charge in [-0.2, -0.15) is 10.2 Å². The van der Waals surface area contributed by atoms with Crippen molar-refractivity contribution >= 4 is 35.2 Å². The fourth-order valence-corrected chi connectivity index (χ4v) is 6.95. The summed E-state index contributed by atoms with van der Waals surface area (Å²) in [6.07, 6.45) is 3.57. The molecule has 2 heterocycles. The third-order valence-electron chi connectivity index (χ3n) is 9.51. The van der Waals surface area contributed by atoms with Gasteiger partial charge in [0, 0.05) is 70.0 Å². The fourth-order valence-electron chi connectivity index (χ4n) is 6.95. The van der Waals surface area contributed by atoms with E-state index in [1.54, 1.807) is 26.6 Å². The summed E-state index contributed by atoms with van der Waals surface area (Å²) in [7, 11) is 3.40. The van der Waals surface area contributed by atoms with E-state index in [4.69, 9.17) is 19.7 Å². The molecule has 2 aliphatic heterocycles. The summed E-state index contributed by atoms with van der Waals surface area (Å²) >= 11 is 0. The molecule has 0 atom stereocenters. The Bertz CT molecular complexity index is 2090. The lowest BCUT2D eigenvalue weighted by atomic mass is 9.98. The Labute approximate surface area is 309 Å². The highest BCUT2D eigenvalue weighted by molar-refractivity contribution is 6.13. The summed E-state index contributed by atoms with van der Waals surface area (Å²) in [6, 6.07) is 49.0. The zero-order valence-corrected chi connectivity index (χ0v) is 29.6. The first-order valence-electron chi connectivity index (χ1n) is 17.5. The summed E-state index contributed by atoms with van der Waals surface area (Å²) in [5, 5.41) is 18.6. The van der Waals surface area contributed by atoms with E-state index in [2.05, 4.69) is 44.3 Å². The van der Waals surface area contributed by atoms with E-state index in [0.717, 1.165) is 87.4 Å². The molecule has 0 N–H and O–H groups in total. The molecule has 260 valence electrons. The zero-order chi connectivity index (χ0) is 36.0. The Morgan fingerprint density at radius 3 is 1.15 bits per heavy atom. The first-order chi connectivity index (χ1) is 26.2. The van der Waals surface area contributed by atoms with Gasteiger partial charge >= 0.3 is 0 Å². The lowest BCUT2D eigenvalue weighted by molar-refractivity contribution is 0.413. The highest BCUT2D eigenvalue weighted by Crippen LogP contribution is 2.42. The van der Waals surface area contributed by atoms with E-state index < -0.39 is 0 Å². The normalized spacial score (nSPS) is 13.0. The second kappa shape index (κ2) is 15.2. The highest BCUT2D eigenvalue weighted by Gasteiger charge is 2.31. The van der Waals surface area contributed by atoms with Crippen molar-refractivity contribution in [2.24, 2.45) is 20.4 Å². The van der Waals surface area contributed by atoms with Crippen molar-refractivity contribution in [3.63, 3.8) is 0 Å². The van der Waals surface area contributed by atoms with Crippen LogP contribution in [0.25, 0.3) is 0 Å². The molecule has 0 aromatic heterocycles. The van der Waals surface area contributed by atoms with E-state index in [9.17, 15) is 0 Å². The Balaban J connectivity index is 1.08. The maximum absolute atomic E-state index is 5.90. The Morgan fingerprint density at radius 2 is 0.830 bits per heavy atom. The molecule has 0 spiro atoms. The molecular weight excluding hydrogens is 657 g/mol. The van der Waals surface area contributed by atoms with Gasteiger partial charge in [0.2, 0.25) is 0 Å². The predicted molar refractivity (Wildman–Crippen MR) is 215 cm³/mol. The number of nitrogens with zero attached hydrogens (tertiary/aromatic N) is 6. The lowest BCUT2D eigenvalue weighted by Gasteiger charge is -2.45. The molecular formula is C45H38N6O2. The minimum Gasteiger partial charge on any atom is -0.496 e. The van der Waals surface area contributed by atoms with Gasteiger partial charge in [0.25, 0.3) is 0 Å². The SMILES string of the molecule is COc1cc2c(cc1/C=N/N=C(c1ccccc1)c1ccccc1)CN1CN2Cc2cc(/C=N/N=C(c3ccccc3)c3ccccc3)c(OC)cc21. The maximum Gasteiger partial charge on any atom is 0.129 e. The zero-order valence-electron chi connectivity index (χ0n) is 29.6. The monoisotopic (exact) mass is 694 g/mol. The molecule has 0 fully saturated rings. The van der Waals surface area contributed by atoms with Gasteiger partial charge in [-0.25, -0.2) is 0 Å². The maximum atomic E-state index is 5.90. The molecule has 0 radical (unpaired) electrons. The second-order valence-electron chi connectivity index (χ2n) is 12.8. The quantitative estimate of drug-likeness (QED) is 0.106. The number of anilines is 2. The minimum absolute atomic E-state index is 0.727. The van der Waals surface area contributed by atoms with Crippen LogP contribution < -0.4 is 19.3 Å². The Morgan fingerprint density at radius 1 is 0.491 bits per heavy atom. The van der Waals surface area contributed by atoms with Crippen LogP contribution in [0.4, 0.5) is 11.4 Å². The van der Waals surface area contributed by atoms with Crippen LogP contribution in [-0.4, -0.2) is 44.7 Å². The largest absolute Gasteiger partial charge is 0.496 e. The van der Waals surface area contributed by atoms with E-state index in [-0.39, 0.29) is 0 Å². The molecule has 2 aliphatic rings. The van der Waals surface area contributed by atoms with E-state index >= 15 is 0 Å². The van der Waals surface area contributed by atoms with Gasteiger partial charge < -0.3 is 19.3 Å². The van der Waals surface area contributed by atoms with E-state index in [1.807, 2.05) is 121 Å². The van der Waals surface area contributed by atoms with Gasteiger partial charge in [0.15, 0.2) is 0 Å². The molecule has 8 rings (SSSR count). The fraction of sp³-hybridized carbons (Fsp3) is 0.111. The average Bonchev–Trinajstić information content (AvgIpc) is 3.22. The number of methoxy groups -OCH3 is 2. The standard InChI is InChI=1S/C45H38N6O2/c1-52-42-25-40-38(23-36(42)27-46-48-44(32-15-7-3-8-16-32)33-17-9-4-10-18-33)29-51-31-50(40)30-39-24-37(43(53-2)26-41(39)51)28-47-49-45(34-19-11-5-12-20-34)35-21-13-6-14-22-35/h3-28H,29-31H2,1-2H3/b46-27+,47-28+. The van der Waals surface area contributed by atoms with Crippen molar-refractivity contribution in [1.82, 2.24) is 0 Å². The van der Waals surface area contributed by atoms with Gasteiger partial charge in [-0.15, -0.1) is 10.2 Å². The van der Waals surface area contributed by atoms with Crippen LogP contribution in [0.2, 0.25) is 0 Å². The van der Waals surface area contributed by atoms with Gasteiger partial charge in [0.1, 0.15) is 22.9 Å². The molecule has 0 saturated carbocycles. The second-order valence-corrected chi connectivity index (χ2v) is 12.8. The van der Waals surface area contributed by atoms with Crippen LogP contribution in [0.15, 0.2) is 166 Å². The number of ether oxygens (including phenoxy) is 2. The lowest BCUT2D eigenvalue weighted by Crippen LogP contribution is -2.46. The van der Waals surface area contributed by atoms with Crippen LogP contribution in [-0.2, 0) is 13.1 Å². The van der Waals surface area contributed by atoms with Gasteiger partial charge in [-0.05, 0) is 23.3 Å².